The Bertz CT molecular complexity index is 2800. The van der Waals surface area contributed by atoms with Gasteiger partial charge in [-0.2, -0.15) is 0 Å². The Morgan fingerprint density at radius 1 is 0.346 bits per heavy atom. The summed E-state index contributed by atoms with van der Waals surface area (Å²) in [6, 6.07) is 69.1. The molecule has 2 heterocycles. The van der Waals surface area contributed by atoms with Gasteiger partial charge in [-0.05, 0) is 102 Å². The van der Waals surface area contributed by atoms with E-state index in [-0.39, 0.29) is 0 Å². The Morgan fingerprint density at radius 3 is 1.62 bits per heavy atom. The average molecular weight is 685 g/mol. The predicted octanol–water partition coefficient (Wildman–Crippen LogP) is 14.6. The second-order valence-corrected chi connectivity index (χ2v) is 14.1. The molecule has 0 bridgehead atoms. The SMILES string of the molecule is c1ccc(N(c2ccc(-c3ccc4c(c3)oc3ccccc34)cc2)c2ccc3c(c2)sc2cccc(N(c4ccccc4)c4ccccc4)c23)cc1. The maximum absolute atomic E-state index is 6.20. The molecule has 0 unspecified atom stereocenters. The quantitative estimate of drug-likeness (QED) is 0.167. The van der Waals surface area contributed by atoms with Gasteiger partial charge in [-0.1, -0.05) is 103 Å². The van der Waals surface area contributed by atoms with E-state index in [4.69, 9.17) is 4.42 Å². The van der Waals surface area contributed by atoms with Crippen LogP contribution in [0.2, 0.25) is 0 Å². The van der Waals surface area contributed by atoms with Gasteiger partial charge in [0.2, 0.25) is 0 Å². The van der Waals surface area contributed by atoms with E-state index in [9.17, 15) is 0 Å². The van der Waals surface area contributed by atoms with Crippen LogP contribution >= 0.6 is 11.3 Å². The molecule has 3 nitrogen and oxygen atoms in total. The molecule has 0 aliphatic heterocycles. The molecule has 246 valence electrons. The van der Waals surface area contributed by atoms with Crippen LogP contribution < -0.4 is 9.80 Å². The van der Waals surface area contributed by atoms with Crippen LogP contribution in [-0.4, -0.2) is 0 Å². The Balaban J connectivity index is 1.06. The Hall–Kier alpha value is -6.62. The lowest BCUT2D eigenvalue weighted by Gasteiger charge is -2.26. The lowest BCUT2D eigenvalue weighted by molar-refractivity contribution is 0.669. The van der Waals surface area contributed by atoms with Crippen LogP contribution in [0.4, 0.5) is 34.1 Å². The zero-order valence-corrected chi connectivity index (χ0v) is 29.0. The van der Waals surface area contributed by atoms with Crippen molar-refractivity contribution in [1.82, 2.24) is 0 Å². The van der Waals surface area contributed by atoms with Crippen LogP contribution in [0, 0.1) is 0 Å². The van der Waals surface area contributed by atoms with E-state index < -0.39 is 0 Å². The number of rotatable bonds is 7. The predicted molar refractivity (Wildman–Crippen MR) is 221 cm³/mol. The average Bonchev–Trinajstić information content (AvgIpc) is 3.78. The topological polar surface area (TPSA) is 19.6 Å². The van der Waals surface area contributed by atoms with Gasteiger partial charge in [-0.25, -0.2) is 0 Å². The number of anilines is 6. The number of benzene rings is 8. The highest BCUT2D eigenvalue weighted by atomic mass is 32.1. The van der Waals surface area contributed by atoms with Crippen molar-refractivity contribution in [1.29, 1.82) is 0 Å². The normalized spacial score (nSPS) is 11.5. The van der Waals surface area contributed by atoms with Gasteiger partial charge in [-0.3, -0.25) is 0 Å². The summed E-state index contributed by atoms with van der Waals surface area (Å²) in [5.74, 6) is 0. The molecule has 0 radical (unpaired) electrons. The highest BCUT2D eigenvalue weighted by Gasteiger charge is 2.20. The molecule has 8 aromatic carbocycles. The summed E-state index contributed by atoms with van der Waals surface area (Å²) in [4.78, 5) is 4.71. The van der Waals surface area contributed by atoms with Crippen molar-refractivity contribution < 1.29 is 4.42 Å². The zero-order valence-electron chi connectivity index (χ0n) is 28.2. The Morgan fingerprint density at radius 2 is 0.904 bits per heavy atom. The summed E-state index contributed by atoms with van der Waals surface area (Å²) >= 11 is 1.85. The van der Waals surface area contributed by atoms with Crippen LogP contribution in [0.1, 0.15) is 0 Å². The second kappa shape index (κ2) is 12.6. The molecule has 52 heavy (non-hydrogen) atoms. The molecular weight excluding hydrogens is 653 g/mol. The molecule has 0 saturated carbocycles. The molecule has 10 rings (SSSR count). The van der Waals surface area contributed by atoms with E-state index in [0.29, 0.717) is 0 Å². The molecule has 4 heteroatoms. The first-order valence-electron chi connectivity index (χ1n) is 17.5. The first-order chi connectivity index (χ1) is 25.8. The molecule has 0 spiro atoms. The van der Waals surface area contributed by atoms with Crippen molar-refractivity contribution in [2.45, 2.75) is 0 Å². The first-order valence-corrected chi connectivity index (χ1v) is 18.3. The van der Waals surface area contributed by atoms with Crippen molar-refractivity contribution in [3.05, 3.63) is 194 Å². The maximum Gasteiger partial charge on any atom is 0.136 e. The monoisotopic (exact) mass is 684 g/mol. The van der Waals surface area contributed by atoms with E-state index in [1.54, 1.807) is 0 Å². The highest BCUT2D eigenvalue weighted by molar-refractivity contribution is 7.26. The van der Waals surface area contributed by atoms with Gasteiger partial charge < -0.3 is 14.2 Å². The molecule has 0 amide bonds. The number of fused-ring (bicyclic) bond motifs is 6. The van der Waals surface area contributed by atoms with Crippen LogP contribution in [0.15, 0.2) is 199 Å². The van der Waals surface area contributed by atoms with Crippen LogP contribution in [0.5, 0.6) is 0 Å². The standard InChI is InChI=1S/C48H32N2OS/c1-4-13-35(14-5-1)49(38-26-23-33(24-27-38)34-25-29-41-40-19-10-11-21-44(40)51-45(41)31-34)39-28-30-42-47(32-39)52-46-22-12-20-43(48(42)46)50(36-15-6-2-7-16-36)37-17-8-3-9-18-37/h1-32H. The third-order valence-electron chi connectivity index (χ3n) is 9.84. The van der Waals surface area contributed by atoms with Gasteiger partial charge in [0.25, 0.3) is 0 Å². The third kappa shape index (κ3) is 5.20. The van der Waals surface area contributed by atoms with Crippen LogP contribution in [-0.2, 0) is 0 Å². The van der Waals surface area contributed by atoms with E-state index in [1.165, 1.54) is 25.9 Å². The lowest BCUT2D eigenvalue weighted by atomic mass is 10.0. The maximum atomic E-state index is 6.20. The molecule has 10 aromatic rings. The van der Waals surface area contributed by atoms with E-state index in [2.05, 4.69) is 192 Å². The number of nitrogens with zero attached hydrogens (tertiary/aromatic N) is 2. The molecular formula is C48H32N2OS. The largest absolute Gasteiger partial charge is 0.456 e. The summed E-state index contributed by atoms with van der Waals surface area (Å²) in [5.41, 5.74) is 10.9. The number of hydrogen-bond acceptors (Lipinski definition) is 4. The summed E-state index contributed by atoms with van der Waals surface area (Å²) in [6.07, 6.45) is 0. The van der Waals surface area contributed by atoms with Gasteiger partial charge in [0.05, 0.1) is 5.69 Å². The van der Waals surface area contributed by atoms with Crippen LogP contribution in [0.3, 0.4) is 0 Å². The third-order valence-corrected chi connectivity index (χ3v) is 11.0. The molecule has 0 atom stereocenters. The van der Waals surface area contributed by atoms with Gasteiger partial charge in [-0.15, -0.1) is 11.3 Å². The number of para-hydroxylation sites is 4. The zero-order chi connectivity index (χ0) is 34.4. The number of furan rings is 1. The summed E-state index contributed by atoms with van der Waals surface area (Å²) < 4.78 is 8.71. The molecule has 0 saturated heterocycles. The minimum atomic E-state index is 0.907. The summed E-state index contributed by atoms with van der Waals surface area (Å²) in [5, 5.41) is 4.80. The second-order valence-electron chi connectivity index (χ2n) is 13.0. The van der Waals surface area contributed by atoms with Crippen molar-refractivity contribution in [2.24, 2.45) is 0 Å². The van der Waals surface area contributed by atoms with Gasteiger partial charge >= 0.3 is 0 Å². The number of thiophene rings is 1. The van der Waals surface area contributed by atoms with Gasteiger partial charge in [0.1, 0.15) is 11.2 Å². The van der Waals surface area contributed by atoms with E-state index in [1.807, 2.05) is 23.5 Å². The minimum absolute atomic E-state index is 0.907. The molecule has 0 aliphatic carbocycles. The minimum Gasteiger partial charge on any atom is -0.456 e. The van der Waals surface area contributed by atoms with Crippen molar-refractivity contribution in [3.63, 3.8) is 0 Å². The fourth-order valence-electron chi connectivity index (χ4n) is 7.44. The van der Waals surface area contributed by atoms with Crippen molar-refractivity contribution >= 4 is 87.6 Å². The lowest BCUT2D eigenvalue weighted by Crippen LogP contribution is -2.10. The van der Waals surface area contributed by atoms with Gasteiger partial charge in [0.15, 0.2) is 0 Å². The van der Waals surface area contributed by atoms with E-state index >= 15 is 0 Å². The summed E-state index contributed by atoms with van der Waals surface area (Å²) in [6.45, 7) is 0. The fourth-order valence-corrected chi connectivity index (χ4v) is 8.60. The molecule has 2 aromatic heterocycles. The fraction of sp³-hybridized carbons (Fsp3) is 0. The molecule has 0 aliphatic rings. The van der Waals surface area contributed by atoms with Crippen molar-refractivity contribution in [3.8, 4) is 11.1 Å². The molecule has 0 fully saturated rings. The Kier molecular flexibility index (Phi) is 7.33. The first kappa shape index (κ1) is 30.2. The smallest absolute Gasteiger partial charge is 0.136 e. The highest BCUT2D eigenvalue weighted by Crippen LogP contribution is 2.46. The van der Waals surface area contributed by atoms with E-state index in [0.717, 1.165) is 61.5 Å². The van der Waals surface area contributed by atoms with Crippen LogP contribution in [0.25, 0.3) is 53.2 Å². The number of hydrogen-bond donors (Lipinski definition) is 0. The van der Waals surface area contributed by atoms with Gasteiger partial charge in [0, 0.05) is 59.4 Å². The van der Waals surface area contributed by atoms with Crippen molar-refractivity contribution in [2.75, 3.05) is 9.80 Å². The summed E-state index contributed by atoms with van der Waals surface area (Å²) in [7, 11) is 0. The molecule has 0 N–H and O–H groups in total. The Labute approximate surface area is 305 Å².